The Balaban J connectivity index is 2.58. The van der Waals surface area contributed by atoms with E-state index in [1.54, 1.807) is 18.2 Å². The number of methoxy groups -OCH3 is 1. The molecule has 5 nitrogen and oxygen atoms in total. The molecule has 0 radical (unpaired) electrons. The van der Waals surface area contributed by atoms with E-state index in [-0.39, 0.29) is 6.61 Å². The Labute approximate surface area is 96.6 Å². The molecule has 88 valence electrons. The molecule has 0 aliphatic carbocycles. The Hall–Kier alpha value is -2.30. The van der Waals surface area contributed by atoms with Crippen molar-refractivity contribution in [2.45, 2.75) is 0 Å². The highest BCUT2D eigenvalue weighted by atomic mass is 16.5. The summed E-state index contributed by atoms with van der Waals surface area (Å²) in [5.41, 5.74) is -0.0927. The normalized spacial score (nSPS) is 10.2. The largest absolute Gasteiger partial charge is 0.496 e. The number of fused-ring (bicyclic) bond motifs is 1. The van der Waals surface area contributed by atoms with Crippen molar-refractivity contribution in [2.24, 2.45) is 0 Å². The maximum atomic E-state index is 11.1. The average Bonchev–Trinajstić information content (AvgIpc) is 2.34. The van der Waals surface area contributed by atoms with E-state index < -0.39 is 5.63 Å². The average molecular weight is 234 g/mol. The number of carbonyl (C=O) groups is 1. The Morgan fingerprint density at radius 1 is 1.35 bits per heavy atom. The van der Waals surface area contributed by atoms with E-state index in [9.17, 15) is 9.59 Å². The Bertz CT molecular complexity index is 599. The second kappa shape index (κ2) is 4.69. The lowest BCUT2D eigenvalue weighted by Gasteiger charge is -2.08. The molecule has 0 bridgehead atoms. The van der Waals surface area contributed by atoms with Crippen LogP contribution in [0, 0.1) is 0 Å². The van der Waals surface area contributed by atoms with Crippen LogP contribution < -0.4 is 15.1 Å². The van der Waals surface area contributed by atoms with Crippen LogP contribution in [0.5, 0.6) is 11.5 Å². The third kappa shape index (κ3) is 2.28. The van der Waals surface area contributed by atoms with Crippen LogP contribution >= 0.6 is 0 Å². The molecule has 0 spiro atoms. The molecule has 0 aliphatic rings. The van der Waals surface area contributed by atoms with Crippen LogP contribution in [0.2, 0.25) is 0 Å². The number of hydrogen-bond acceptors (Lipinski definition) is 5. The zero-order chi connectivity index (χ0) is 12.3. The molecule has 2 rings (SSSR count). The van der Waals surface area contributed by atoms with Crippen molar-refractivity contribution in [2.75, 3.05) is 13.7 Å². The van der Waals surface area contributed by atoms with E-state index >= 15 is 0 Å². The van der Waals surface area contributed by atoms with Gasteiger partial charge in [-0.15, -0.1) is 0 Å². The first-order chi connectivity index (χ1) is 8.24. The van der Waals surface area contributed by atoms with Gasteiger partial charge >= 0.3 is 5.63 Å². The molecular formula is C12H10O5. The van der Waals surface area contributed by atoms with E-state index in [0.717, 1.165) is 0 Å². The van der Waals surface area contributed by atoms with Crippen LogP contribution in [0.3, 0.4) is 0 Å². The lowest BCUT2D eigenvalue weighted by atomic mass is 10.2. The molecule has 0 aliphatic heterocycles. The summed E-state index contributed by atoms with van der Waals surface area (Å²) in [6.07, 6.45) is 0.637. The number of carbonyl (C=O) groups excluding carboxylic acids is 1. The first kappa shape index (κ1) is 11.2. The van der Waals surface area contributed by atoms with Crippen molar-refractivity contribution in [1.29, 1.82) is 0 Å². The molecule has 0 saturated heterocycles. The molecule has 1 aromatic heterocycles. The fraction of sp³-hybridized carbons (Fsp3) is 0.167. The third-order valence-electron chi connectivity index (χ3n) is 2.21. The molecule has 0 N–H and O–H groups in total. The zero-order valence-electron chi connectivity index (χ0n) is 9.14. The van der Waals surface area contributed by atoms with E-state index in [0.29, 0.717) is 28.8 Å². The van der Waals surface area contributed by atoms with Crippen molar-refractivity contribution < 1.29 is 18.7 Å². The number of aldehydes is 1. The van der Waals surface area contributed by atoms with Gasteiger partial charge < -0.3 is 13.9 Å². The highest BCUT2D eigenvalue weighted by Gasteiger charge is 2.07. The second-order valence-electron chi connectivity index (χ2n) is 3.27. The molecule has 0 unspecified atom stereocenters. The van der Waals surface area contributed by atoms with Crippen LogP contribution in [-0.2, 0) is 4.79 Å². The fourth-order valence-corrected chi connectivity index (χ4v) is 1.50. The van der Waals surface area contributed by atoms with E-state index in [1.165, 1.54) is 13.2 Å². The van der Waals surface area contributed by atoms with Gasteiger partial charge in [0.1, 0.15) is 23.7 Å². The molecule has 17 heavy (non-hydrogen) atoms. The summed E-state index contributed by atoms with van der Waals surface area (Å²) in [4.78, 5) is 21.3. The smallest absolute Gasteiger partial charge is 0.336 e. The molecule has 0 saturated carbocycles. The molecule has 0 amide bonds. The van der Waals surface area contributed by atoms with E-state index in [2.05, 4.69) is 0 Å². The van der Waals surface area contributed by atoms with Gasteiger partial charge in [-0.1, -0.05) is 0 Å². The van der Waals surface area contributed by atoms with Gasteiger partial charge in [-0.05, 0) is 6.07 Å². The molecule has 0 fully saturated rings. The number of ether oxygens (including phenoxy) is 2. The van der Waals surface area contributed by atoms with Crippen LogP contribution in [0.4, 0.5) is 0 Å². The quantitative estimate of drug-likeness (QED) is 0.590. The Kier molecular flexibility index (Phi) is 3.09. The van der Waals surface area contributed by atoms with Crippen molar-refractivity contribution >= 4 is 17.3 Å². The first-order valence-corrected chi connectivity index (χ1v) is 4.93. The monoisotopic (exact) mass is 234 g/mol. The first-order valence-electron chi connectivity index (χ1n) is 4.93. The lowest BCUT2D eigenvalue weighted by Crippen LogP contribution is -2.00. The predicted molar refractivity (Wildman–Crippen MR) is 60.6 cm³/mol. The van der Waals surface area contributed by atoms with Crippen molar-refractivity contribution in [1.82, 2.24) is 0 Å². The second-order valence-corrected chi connectivity index (χ2v) is 3.27. The lowest BCUT2D eigenvalue weighted by molar-refractivity contribution is -0.109. The summed E-state index contributed by atoms with van der Waals surface area (Å²) in [7, 11) is 1.50. The van der Waals surface area contributed by atoms with Gasteiger partial charge in [0.25, 0.3) is 0 Å². The Morgan fingerprint density at radius 2 is 2.18 bits per heavy atom. The van der Waals surface area contributed by atoms with Gasteiger partial charge in [0.2, 0.25) is 0 Å². The van der Waals surface area contributed by atoms with Crippen LogP contribution in [0.25, 0.3) is 11.0 Å². The summed E-state index contributed by atoms with van der Waals surface area (Å²) in [6, 6.07) is 6.11. The molecule has 1 aromatic carbocycles. The summed E-state index contributed by atoms with van der Waals surface area (Å²) in [5, 5.41) is 0.672. The minimum Gasteiger partial charge on any atom is -0.496 e. The summed E-state index contributed by atoms with van der Waals surface area (Å²) in [6.45, 7) is -0.0638. The van der Waals surface area contributed by atoms with Crippen LogP contribution in [-0.4, -0.2) is 20.0 Å². The molecule has 5 heteroatoms. The molecule has 2 aromatic rings. The zero-order valence-corrected chi connectivity index (χ0v) is 9.14. The van der Waals surface area contributed by atoms with Crippen LogP contribution in [0.15, 0.2) is 33.5 Å². The van der Waals surface area contributed by atoms with Gasteiger partial charge in [0.05, 0.1) is 12.5 Å². The number of benzene rings is 1. The Morgan fingerprint density at radius 3 is 2.88 bits per heavy atom. The highest BCUT2D eigenvalue weighted by molar-refractivity contribution is 5.85. The minimum absolute atomic E-state index is 0.0638. The van der Waals surface area contributed by atoms with Crippen LogP contribution in [0.1, 0.15) is 0 Å². The fourth-order valence-electron chi connectivity index (χ4n) is 1.50. The van der Waals surface area contributed by atoms with Gasteiger partial charge in [0.15, 0.2) is 6.29 Å². The maximum Gasteiger partial charge on any atom is 0.336 e. The third-order valence-corrected chi connectivity index (χ3v) is 2.21. The topological polar surface area (TPSA) is 65.7 Å². The standard InChI is InChI=1S/C12H10O5/c1-15-10-6-8(16-5-4-13)7-11-9(10)2-3-12(14)17-11/h2-4,6-7H,5H2,1H3. The van der Waals surface area contributed by atoms with Gasteiger partial charge in [-0.2, -0.15) is 0 Å². The predicted octanol–water partition coefficient (Wildman–Crippen LogP) is 1.38. The van der Waals surface area contributed by atoms with Gasteiger partial charge in [-0.25, -0.2) is 4.79 Å². The molecule has 0 atom stereocenters. The highest BCUT2D eigenvalue weighted by Crippen LogP contribution is 2.30. The summed E-state index contributed by atoms with van der Waals surface area (Å²) >= 11 is 0. The minimum atomic E-state index is -0.452. The molecule has 1 heterocycles. The van der Waals surface area contributed by atoms with Crippen molar-refractivity contribution in [3.63, 3.8) is 0 Å². The number of rotatable bonds is 4. The number of hydrogen-bond donors (Lipinski definition) is 0. The summed E-state index contributed by atoms with van der Waals surface area (Å²) < 4.78 is 15.3. The van der Waals surface area contributed by atoms with E-state index in [4.69, 9.17) is 13.9 Å². The van der Waals surface area contributed by atoms with Gasteiger partial charge in [0, 0.05) is 18.2 Å². The SMILES string of the molecule is COc1cc(OCC=O)cc2oc(=O)ccc12. The summed E-state index contributed by atoms with van der Waals surface area (Å²) in [5.74, 6) is 0.933. The van der Waals surface area contributed by atoms with Crippen molar-refractivity contribution in [3.8, 4) is 11.5 Å². The van der Waals surface area contributed by atoms with E-state index in [1.807, 2.05) is 0 Å². The van der Waals surface area contributed by atoms with Crippen molar-refractivity contribution in [3.05, 3.63) is 34.7 Å². The maximum absolute atomic E-state index is 11.1. The molecular weight excluding hydrogens is 224 g/mol. The van der Waals surface area contributed by atoms with Gasteiger partial charge in [-0.3, -0.25) is 4.79 Å².